The molecule has 0 aliphatic heterocycles. The second-order valence-electron chi connectivity index (χ2n) is 7.78. The van der Waals surface area contributed by atoms with Gasteiger partial charge in [0.25, 0.3) is 0 Å². The van der Waals surface area contributed by atoms with Crippen LogP contribution in [0.25, 0.3) is 44.1 Å². The molecule has 0 aliphatic carbocycles. The summed E-state index contributed by atoms with van der Waals surface area (Å²) in [5.41, 5.74) is 9.02. The predicted molar refractivity (Wildman–Crippen MR) is 125 cm³/mol. The molecule has 142 valence electrons. The highest BCUT2D eigenvalue weighted by Gasteiger charge is 2.12. The summed E-state index contributed by atoms with van der Waals surface area (Å²) in [6.07, 6.45) is 3.51. The SMILES string of the molecule is CCCCc1cc(-c2ccccc2)cc2c1[nH]c1ccc(-c3ccccc3)cc12. The molecule has 5 rings (SSSR count). The first-order chi connectivity index (χ1) is 14.3. The molecule has 1 nitrogen and oxygen atoms in total. The van der Waals surface area contributed by atoms with E-state index in [1.165, 1.54) is 62.5 Å². The summed E-state index contributed by atoms with van der Waals surface area (Å²) in [4.78, 5) is 3.71. The van der Waals surface area contributed by atoms with Crippen LogP contribution in [0.4, 0.5) is 0 Å². The molecule has 5 aromatic rings. The molecular formula is C28H25N. The van der Waals surface area contributed by atoms with Crippen molar-refractivity contribution in [3.05, 3.63) is 96.6 Å². The van der Waals surface area contributed by atoms with Gasteiger partial charge in [0.2, 0.25) is 0 Å². The van der Waals surface area contributed by atoms with Gasteiger partial charge in [0.1, 0.15) is 0 Å². The van der Waals surface area contributed by atoms with E-state index in [0.717, 1.165) is 6.42 Å². The fourth-order valence-corrected chi connectivity index (χ4v) is 4.24. The number of aromatic amines is 1. The highest BCUT2D eigenvalue weighted by atomic mass is 14.7. The van der Waals surface area contributed by atoms with Gasteiger partial charge in [0.15, 0.2) is 0 Å². The van der Waals surface area contributed by atoms with Gasteiger partial charge in [-0.2, -0.15) is 0 Å². The number of aromatic nitrogens is 1. The molecule has 0 fully saturated rings. The van der Waals surface area contributed by atoms with Gasteiger partial charge >= 0.3 is 0 Å². The van der Waals surface area contributed by atoms with E-state index in [1.54, 1.807) is 0 Å². The van der Waals surface area contributed by atoms with Gasteiger partial charge in [-0.25, -0.2) is 0 Å². The van der Waals surface area contributed by atoms with Crippen LogP contribution in [0.3, 0.4) is 0 Å². The maximum atomic E-state index is 3.71. The molecule has 0 aliphatic rings. The summed E-state index contributed by atoms with van der Waals surface area (Å²) < 4.78 is 0. The topological polar surface area (TPSA) is 15.8 Å². The van der Waals surface area contributed by atoms with Crippen molar-refractivity contribution in [3.8, 4) is 22.3 Å². The molecular weight excluding hydrogens is 350 g/mol. The van der Waals surface area contributed by atoms with Crippen molar-refractivity contribution in [2.24, 2.45) is 0 Å². The van der Waals surface area contributed by atoms with Crippen LogP contribution in [0.1, 0.15) is 25.3 Å². The first kappa shape index (κ1) is 17.8. The fraction of sp³-hybridized carbons (Fsp3) is 0.143. The predicted octanol–water partition coefficient (Wildman–Crippen LogP) is 8.00. The zero-order valence-electron chi connectivity index (χ0n) is 16.8. The lowest BCUT2D eigenvalue weighted by atomic mass is 9.96. The highest BCUT2D eigenvalue weighted by Crippen LogP contribution is 2.35. The Balaban J connectivity index is 1.75. The van der Waals surface area contributed by atoms with E-state index in [4.69, 9.17) is 0 Å². The lowest BCUT2D eigenvalue weighted by molar-refractivity contribution is 0.798. The van der Waals surface area contributed by atoms with Gasteiger partial charge in [-0.1, -0.05) is 80.1 Å². The Morgan fingerprint density at radius 2 is 1.28 bits per heavy atom. The van der Waals surface area contributed by atoms with Crippen LogP contribution in [0.15, 0.2) is 91.0 Å². The van der Waals surface area contributed by atoms with Gasteiger partial charge in [0.05, 0.1) is 0 Å². The summed E-state index contributed by atoms with van der Waals surface area (Å²) >= 11 is 0. The van der Waals surface area contributed by atoms with Crippen LogP contribution < -0.4 is 0 Å². The third-order valence-electron chi connectivity index (χ3n) is 5.80. The molecule has 0 saturated carbocycles. The van der Waals surface area contributed by atoms with Crippen molar-refractivity contribution in [2.75, 3.05) is 0 Å². The number of nitrogens with one attached hydrogen (secondary N) is 1. The Morgan fingerprint density at radius 1 is 0.621 bits per heavy atom. The minimum absolute atomic E-state index is 1.10. The molecule has 0 bridgehead atoms. The number of hydrogen-bond acceptors (Lipinski definition) is 0. The quantitative estimate of drug-likeness (QED) is 0.320. The Bertz CT molecular complexity index is 1260. The molecule has 1 aromatic heterocycles. The minimum Gasteiger partial charge on any atom is -0.354 e. The summed E-state index contributed by atoms with van der Waals surface area (Å²) in [5, 5.41) is 2.63. The molecule has 1 heteroatoms. The van der Waals surface area contributed by atoms with Crippen LogP contribution in [0.2, 0.25) is 0 Å². The van der Waals surface area contributed by atoms with Crippen molar-refractivity contribution >= 4 is 21.8 Å². The zero-order chi connectivity index (χ0) is 19.6. The minimum atomic E-state index is 1.10. The molecule has 1 heterocycles. The molecule has 0 amide bonds. The monoisotopic (exact) mass is 375 g/mol. The van der Waals surface area contributed by atoms with Crippen molar-refractivity contribution in [1.29, 1.82) is 0 Å². The third-order valence-corrected chi connectivity index (χ3v) is 5.80. The number of H-pyrrole nitrogens is 1. The summed E-state index contributed by atoms with van der Waals surface area (Å²) in [7, 11) is 0. The number of hydrogen-bond donors (Lipinski definition) is 1. The summed E-state index contributed by atoms with van der Waals surface area (Å²) in [6.45, 7) is 2.26. The van der Waals surface area contributed by atoms with Crippen LogP contribution in [0, 0.1) is 0 Å². The Morgan fingerprint density at radius 3 is 1.97 bits per heavy atom. The molecule has 29 heavy (non-hydrogen) atoms. The lowest BCUT2D eigenvalue weighted by Gasteiger charge is -2.08. The third kappa shape index (κ3) is 3.34. The molecule has 0 spiro atoms. The normalized spacial score (nSPS) is 11.3. The van der Waals surface area contributed by atoms with Crippen molar-refractivity contribution in [2.45, 2.75) is 26.2 Å². The number of rotatable bonds is 5. The highest BCUT2D eigenvalue weighted by molar-refractivity contribution is 6.10. The summed E-state index contributed by atoms with van der Waals surface area (Å²) in [6, 6.07) is 32.9. The van der Waals surface area contributed by atoms with Crippen LogP contribution in [-0.2, 0) is 6.42 Å². The Kier molecular flexibility index (Phi) is 4.65. The van der Waals surface area contributed by atoms with Crippen molar-refractivity contribution < 1.29 is 0 Å². The molecule has 0 radical (unpaired) electrons. The largest absolute Gasteiger partial charge is 0.354 e. The smallest absolute Gasteiger partial charge is 0.0497 e. The van der Waals surface area contributed by atoms with Gasteiger partial charge in [0, 0.05) is 21.8 Å². The van der Waals surface area contributed by atoms with E-state index in [-0.39, 0.29) is 0 Å². The average molecular weight is 376 g/mol. The second kappa shape index (κ2) is 7.60. The maximum Gasteiger partial charge on any atom is 0.0497 e. The standard InChI is InChI=1S/C28H25N/c1-2-3-10-23-17-24(21-13-8-5-9-14-21)19-26-25-18-22(20-11-6-4-7-12-20)15-16-27(25)29-28(23)26/h4-9,11-19,29H,2-3,10H2,1H3. The van der Waals surface area contributed by atoms with Crippen LogP contribution >= 0.6 is 0 Å². The lowest BCUT2D eigenvalue weighted by Crippen LogP contribution is -1.89. The fourth-order valence-electron chi connectivity index (χ4n) is 4.24. The van der Waals surface area contributed by atoms with Crippen molar-refractivity contribution in [3.63, 3.8) is 0 Å². The van der Waals surface area contributed by atoms with Crippen molar-refractivity contribution in [1.82, 2.24) is 4.98 Å². The average Bonchev–Trinajstić information content (AvgIpc) is 3.16. The van der Waals surface area contributed by atoms with E-state index in [0.29, 0.717) is 0 Å². The van der Waals surface area contributed by atoms with Gasteiger partial charge in [-0.3, -0.25) is 0 Å². The van der Waals surface area contributed by atoms with Crippen LogP contribution in [0.5, 0.6) is 0 Å². The second-order valence-corrected chi connectivity index (χ2v) is 7.78. The number of unbranched alkanes of at least 4 members (excludes halogenated alkanes) is 1. The number of fused-ring (bicyclic) bond motifs is 3. The molecule has 0 atom stereocenters. The number of aryl methyl sites for hydroxylation is 1. The molecule has 1 N–H and O–H groups in total. The van der Waals surface area contributed by atoms with Crippen LogP contribution in [-0.4, -0.2) is 4.98 Å². The van der Waals surface area contributed by atoms with E-state index >= 15 is 0 Å². The first-order valence-corrected chi connectivity index (χ1v) is 10.5. The van der Waals surface area contributed by atoms with Gasteiger partial charge in [-0.05, 0) is 64.9 Å². The van der Waals surface area contributed by atoms with E-state index in [2.05, 4.69) is 103 Å². The first-order valence-electron chi connectivity index (χ1n) is 10.5. The van der Waals surface area contributed by atoms with Gasteiger partial charge < -0.3 is 4.98 Å². The Hall–Kier alpha value is -3.32. The van der Waals surface area contributed by atoms with E-state index in [1.807, 2.05) is 0 Å². The Labute approximate surface area is 172 Å². The molecule has 0 saturated heterocycles. The summed E-state index contributed by atoms with van der Waals surface area (Å²) in [5.74, 6) is 0. The van der Waals surface area contributed by atoms with E-state index < -0.39 is 0 Å². The van der Waals surface area contributed by atoms with Gasteiger partial charge in [-0.15, -0.1) is 0 Å². The van der Waals surface area contributed by atoms with E-state index in [9.17, 15) is 0 Å². The molecule has 0 unspecified atom stereocenters. The zero-order valence-corrected chi connectivity index (χ0v) is 16.8. The maximum absolute atomic E-state index is 3.71. The molecule has 4 aromatic carbocycles. The number of benzene rings is 4.